The number of piperazine rings is 1. The Hall–Kier alpha value is -2.16. The molecule has 0 saturated carbocycles. The Morgan fingerprint density at radius 1 is 1.16 bits per heavy atom. The fraction of sp³-hybridized carbons (Fsp3) is 0.500. The van der Waals surface area contributed by atoms with Crippen LogP contribution in [0, 0.1) is 10.1 Å². The Kier molecular flexibility index (Phi) is 5.66. The standard InChI is InChI=1S/C16H20BrN3O5/c1-16(2,3)25-15(22)19-8-6-18(7-9-19)14(21)12-5-4-11(20(23)24)10-13(12)17/h4-5,10H,6-9H2,1-3H3. The largest absolute Gasteiger partial charge is 0.444 e. The van der Waals surface area contributed by atoms with E-state index in [1.54, 1.807) is 30.6 Å². The maximum atomic E-state index is 12.6. The molecule has 1 heterocycles. The molecule has 25 heavy (non-hydrogen) atoms. The number of non-ortho nitro benzene ring substituents is 1. The highest BCUT2D eigenvalue weighted by molar-refractivity contribution is 9.10. The molecule has 0 N–H and O–H groups in total. The van der Waals surface area contributed by atoms with Crippen LogP contribution < -0.4 is 0 Å². The lowest BCUT2D eigenvalue weighted by molar-refractivity contribution is -0.384. The van der Waals surface area contributed by atoms with Gasteiger partial charge < -0.3 is 14.5 Å². The van der Waals surface area contributed by atoms with E-state index in [0.717, 1.165) is 0 Å². The van der Waals surface area contributed by atoms with Crippen LogP contribution in [0.3, 0.4) is 0 Å². The van der Waals surface area contributed by atoms with Crippen molar-refractivity contribution >= 4 is 33.6 Å². The van der Waals surface area contributed by atoms with E-state index >= 15 is 0 Å². The molecule has 9 heteroatoms. The average Bonchev–Trinajstić information content (AvgIpc) is 2.52. The zero-order valence-electron chi connectivity index (χ0n) is 14.3. The number of nitro groups is 1. The Morgan fingerprint density at radius 3 is 2.20 bits per heavy atom. The second-order valence-corrected chi connectivity index (χ2v) is 7.54. The number of hydrogen-bond donors (Lipinski definition) is 0. The number of carbonyl (C=O) groups excluding carboxylic acids is 2. The van der Waals surface area contributed by atoms with E-state index in [-0.39, 0.29) is 11.6 Å². The smallest absolute Gasteiger partial charge is 0.410 e. The molecule has 0 spiro atoms. The minimum Gasteiger partial charge on any atom is -0.444 e. The van der Waals surface area contributed by atoms with Gasteiger partial charge in [-0.1, -0.05) is 0 Å². The lowest BCUT2D eigenvalue weighted by Crippen LogP contribution is -2.51. The second-order valence-electron chi connectivity index (χ2n) is 6.68. The highest BCUT2D eigenvalue weighted by Gasteiger charge is 2.29. The van der Waals surface area contributed by atoms with Gasteiger partial charge in [0, 0.05) is 42.8 Å². The molecule has 136 valence electrons. The van der Waals surface area contributed by atoms with Gasteiger partial charge in [0.05, 0.1) is 10.5 Å². The normalized spacial score (nSPS) is 15.0. The van der Waals surface area contributed by atoms with Gasteiger partial charge in [-0.2, -0.15) is 0 Å². The van der Waals surface area contributed by atoms with Crippen LogP contribution in [0.2, 0.25) is 0 Å². The van der Waals surface area contributed by atoms with Crippen LogP contribution in [0.4, 0.5) is 10.5 Å². The maximum absolute atomic E-state index is 12.6. The van der Waals surface area contributed by atoms with Crippen molar-refractivity contribution in [3.63, 3.8) is 0 Å². The average molecular weight is 414 g/mol. The third kappa shape index (κ3) is 4.91. The van der Waals surface area contributed by atoms with Gasteiger partial charge in [0.1, 0.15) is 5.60 Å². The summed E-state index contributed by atoms with van der Waals surface area (Å²) in [5.41, 5.74) is -0.289. The summed E-state index contributed by atoms with van der Waals surface area (Å²) in [6.07, 6.45) is -0.392. The SMILES string of the molecule is CC(C)(C)OC(=O)N1CCN(C(=O)c2ccc([N+](=O)[O-])cc2Br)CC1. The number of benzene rings is 1. The molecular formula is C16H20BrN3O5. The van der Waals surface area contributed by atoms with Crippen molar-refractivity contribution < 1.29 is 19.2 Å². The number of halogens is 1. The van der Waals surface area contributed by atoms with E-state index in [1.807, 2.05) is 0 Å². The summed E-state index contributed by atoms with van der Waals surface area (Å²) in [6.45, 7) is 6.92. The molecule has 0 unspecified atom stereocenters. The molecule has 1 saturated heterocycles. The molecule has 0 atom stereocenters. The molecule has 0 bridgehead atoms. The van der Waals surface area contributed by atoms with Crippen LogP contribution in [0.1, 0.15) is 31.1 Å². The number of nitro benzene ring substituents is 1. The number of nitrogens with zero attached hydrogens (tertiary/aromatic N) is 3. The predicted molar refractivity (Wildman–Crippen MR) is 94.5 cm³/mol. The first-order valence-electron chi connectivity index (χ1n) is 7.79. The van der Waals surface area contributed by atoms with Crippen molar-refractivity contribution in [1.29, 1.82) is 0 Å². The molecule has 2 rings (SSSR count). The minimum absolute atomic E-state index is 0.0850. The summed E-state index contributed by atoms with van der Waals surface area (Å²) in [4.78, 5) is 38.1. The van der Waals surface area contributed by atoms with E-state index in [4.69, 9.17) is 4.74 Å². The Labute approximate surface area is 154 Å². The molecule has 1 aliphatic rings. The fourth-order valence-corrected chi connectivity index (χ4v) is 2.92. The summed E-state index contributed by atoms with van der Waals surface area (Å²) in [5, 5.41) is 10.8. The molecule has 1 aromatic carbocycles. The van der Waals surface area contributed by atoms with E-state index in [0.29, 0.717) is 36.2 Å². The van der Waals surface area contributed by atoms with Crippen molar-refractivity contribution in [3.05, 3.63) is 38.3 Å². The lowest BCUT2D eigenvalue weighted by atomic mass is 10.1. The summed E-state index contributed by atoms with van der Waals surface area (Å²) in [6, 6.07) is 4.05. The molecule has 1 aliphatic heterocycles. The van der Waals surface area contributed by atoms with Gasteiger partial charge in [-0.3, -0.25) is 14.9 Å². The van der Waals surface area contributed by atoms with Gasteiger partial charge in [-0.25, -0.2) is 4.79 Å². The first-order valence-corrected chi connectivity index (χ1v) is 8.59. The molecule has 0 radical (unpaired) electrons. The van der Waals surface area contributed by atoms with Crippen LogP contribution in [0.5, 0.6) is 0 Å². The summed E-state index contributed by atoms with van der Waals surface area (Å²) in [5.74, 6) is -0.231. The molecule has 0 aliphatic carbocycles. The van der Waals surface area contributed by atoms with Gasteiger partial charge >= 0.3 is 6.09 Å². The van der Waals surface area contributed by atoms with E-state index in [1.165, 1.54) is 18.2 Å². The van der Waals surface area contributed by atoms with Crippen LogP contribution >= 0.6 is 15.9 Å². The molecule has 1 aromatic rings. The molecule has 8 nitrogen and oxygen atoms in total. The van der Waals surface area contributed by atoms with Gasteiger partial charge in [-0.05, 0) is 42.8 Å². The Balaban J connectivity index is 2.00. The first kappa shape index (κ1) is 19.2. The first-order chi connectivity index (χ1) is 11.6. The summed E-state index contributed by atoms with van der Waals surface area (Å²) < 4.78 is 5.70. The van der Waals surface area contributed by atoms with Gasteiger partial charge in [0.25, 0.3) is 11.6 Å². The van der Waals surface area contributed by atoms with Crippen LogP contribution in [0.25, 0.3) is 0 Å². The zero-order valence-corrected chi connectivity index (χ0v) is 15.9. The minimum atomic E-state index is -0.562. The zero-order chi connectivity index (χ0) is 18.8. The monoisotopic (exact) mass is 413 g/mol. The third-order valence-corrected chi connectivity index (χ3v) is 4.27. The molecule has 1 fully saturated rings. The predicted octanol–water partition coefficient (Wildman–Crippen LogP) is 3.05. The highest BCUT2D eigenvalue weighted by Crippen LogP contribution is 2.24. The number of hydrogen-bond acceptors (Lipinski definition) is 5. The van der Waals surface area contributed by atoms with Gasteiger partial charge in [0.2, 0.25) is 0 Å². The molecular weight excluding hydrogens is 394 g/mol. The van der Waals surface area contributed by atoms with Gasteiger partial charge in [-0.15, -0.1) is 0 Å². The van der Waals surface area contributed by atoms with Crippen molar-refractivity contribution in [2.24, 2.45) is 0 Å². The van der Waals surface area contributed by atoms with E-state index in [2.05, 4.69) is 15.9 Å². The number of ether oxygens (including phenoxy) is 1. The summed E-state index contributed by atoms with van der Waals surface area (Å²) in [7, 11) is 0. The number of carbonyl (C=O) groups is 2. The Morgan fingerprint density at radius 2 is 1.72 bits per heavy atom. The highest BCUT2D eigenvalue weighted by atomic mass is 79.9. The maximum Gasteiger partial charge on any atom is 0.410 e. The number of rotatable bonds is 2. The topological polar surface area (TPSA) is 93.0 Å². The lowest BCUT2D eigenvalue weighted by Gasteiger charge is -2.35. The van der Waals surface area contributed by atoms with Crippen LogP contribution in [-0.2, 0) is 4.74 Å². The number of amides is 2. The van der Waals surface area contributed by atoms with Crippen molar-refractivity contribution in [2.75, 3.05) is 26.2 Å². The fourth-order valence-electron chi connectivity index (χ4n) is 2.38. The molecule has 2 amide bonds. The second kappa shape index (κ2) is 7.38. The van der Waals surface area contributed by atoms with Crippen LogP contribution in [-0.4, -0.2) is 58.5 Å². The van der Waals surface area contributed by atoms with Crippen molar-refractivity contribution in [3.8, 4) is 0 Å². The third-order valence-electron chi connectivity index (χ3n) is 3.61. The van der Waals surface area contributed by atoms with Crippen molar-refractivity contribution in [1.82, 2.24) is 9.80 Å². The quantitative estimate of drug-likeness (QED) is 0.548. The molecule has 0 aromatic heterocycles. The van der Waals surface area contributed by atoms with E-state index < -0.39 is 16.6 Å². The van der Waals surface area contributed by atoms with Gasteiger partial charge in [0.15, 0.2) is 0 Å². The van der Waals surface area contributed by atoms with E-state index in [9.17, 15) is 19.7 Å². The summed E-state index contributed by atoms with van der Waals surface area (Å²) >= 11 is 3.21. The van der Waals surface area contributed by atoms with Crippen molar-refractivity contribution in [2.45, 2.75) is 26.4 Å². The Bertz CT molecular complexity index is 694. The van der Waals surface area contributed by atoms with Crippen LogP contribution in [0.15, 0.2) is 22.7 Å².